The summed E-state index contributed by atoms with van der Waals surface area (Å²) in [4.78, 5) is 26.9. The molecule has 0 saturated carbocycles. The highest BCUT2D eigenvalue weighted by Crippen LogP contribution is 2.27. The van der Waals surface area contributed by atoms with Crippen LogP contribution in [-0.4, -0.2) is 45.1 Å². The van der Waals surface area contributed by atoms with E-state index in [9.17, 15) is 4.79 Å². The zero-order valence-corrected chi connectivity index (χ0v) is 13.4. The highest BCUT2D eigenvalue weighted by Gasteiger charge is 2.26. The predicted octanol–water partition coefficient (Wildman–Crippen LogP) is 2.67. The number of thiazole rings is 1. The van der Waals surface area contributed by atoms with Gasteiger partial charge < -0.3 is 4.90 Å². The molecule has 1 amide bonds. The normalized spacial score (nSPS) is 16.1. The van der Waals surface area contributed by atoms with Gasteiger partial charge in [0.05, 0.1) is 0 Å². The zero-order valence-electron chi connectivity index (χ0n) is 11.7. The molecule has 0 radical (unpaired) electrons. The molecule has 0 unspecified atom stereocenters. The van der Waals surface area contributed by atoms with E-state index in [4.69, 9.17) is 0 Å². The standard InChI is InChI=1S/C14H16N4OS2/c1-20-14-17-12(8-21-14)13(19)18-6-3-10(4-7-18)11-2-5-15-9-16-11/h2,5,8-10H,3-4,6-7H2,1H3. The van der Waals surface area contributed by atoms with Gasteiger partial charge in [-0.1, -0.05) is 11.8 Å². The van der Waals surface area contributed by atoms with Crippen LogP contribution in [0.3, 0.4) is 0 Å². The summed E-state index contributed by atoms with van der Waals surface area (Å²) in [7, 11) is 0. The fourth-order valence-corrected chi connectivity index (χ4v) is 3.77. The van der Waals surface area contributed by atoms with Gasteiger partial charge in [0.15, 0.2) is 0 Å². The van der Waals surface area contributed by atoms with Crippen LogP contribution < -0.4 is 0 Å². The molecule has 110 valence electrons. The van der Waals surface area contributed by atoms with Gasteiger partial charge in [0.1, 0.15) is 16.4 Å². The van der Waals surface area contributed by atoms with E-state index < -0.39 is 0 Å². The number of nitrogens with zero attached hydrogens (tertiary/aromatic N) is 4. The van der Waals surface area contributed by atoms with Crippen LogP contribution in [0.5, 0.6) is 0 Å². The van der Waals surface area contributed by atoms with Crippen molar-refractivity contribution in [2.75, 3.05) is 19.3 Å². The first-order valence-corrected chi connectivity index (χ1v) is 8.93. The number of carbonyl (C=O) groups excluding carboxylic acids is 1. The molecule has 3 heterocycles. The number of rotatable bonds is 3. The maximum atomic E-state index is 12.4. The molecular formula is C14H16N4OS2. The predicted molar refractivity (Wildman–Crippen MR) is 83.8 cm³/mol. The van der Waals surface area contributed by atoms with Crippen molar-refractivity contribution in [3.8, 4) is 0 Å². The van der Waals surface area contributed by atoms with Crippen LogP contribution in [0.25, 0.3) is 0 Å². The molecule has 2 aromatic heterocycles. The quantitative estimate of drug-likeness (QED) is 0.814. The SMILES string of the molecule is CSc1nc(C(=O)N2CCC(c3ccncn3)CC2)cs1. The molecule has 21 heavy (non-hydrogen) atoms. The summed E-state index contributed by atoms with van der Waals surface area (Å²) < 4.78 is 0.939. The van der Waals surface area contributed by atoms with Crippen LogP contribution in [-0.2, 0) is 0 Å². The van der Waals surface area contributed by atoms with Crippen molar-refractivity contribution in [2.24, 2.45) is 0 Å². The van der Waals surface area contributed by atoms with Gasteiger partial charge in [0.2, 0.25) is 0 Å². The number of hydrogen-bond acceptors (Lipinski definition) is 6. The molecule has 0 atom stereocenters. The molecule has 2 aromatic rings. The van der Waals surface area contributed by atoms with Crippen molar-refractivity contribution in [1.29, 1.82) is 0 Å². The number of carbonyl (C=O) groups is 1. The molecule has 1 aliphatic heterocycles. The first-order valence-electron chi connectivity index (χ1n) is 6.82. The molecule has 1 aliphatic rings. The van der Waals surface area contributed by atoms with E-state index >= 15 is 0 Å². The molecule has 7 heteroatoms. The Labute approximate surface area is 131 Å². The van der Waals surface area contributed by atoms with Crippen LogP contribution in [0.15, 0.2) is 28.3 Å². The maximum Gasteiger partial charge on any atom is 0.273 e. The van der Waals surface area contributed by atoms with E-state index in [0.717, 1.165) is 36.0 Å². The number of aromatic nitrogens is 3. The first-order chi connectivity index (χ1) is 10.3. The third kappa shape index (κ3) is 3.24. The molecule has 5 nitrogen and oxygen atoms in total. The van der Waals surface area contributed by atoms with Gasteiger partial charge in [-0.15, -0.1) is 11.3 Å². The molecule has 3 rings (SSSR count). The summed E-state index contributed by atoms with van der Waals surface area (Å²) in [6, 6.07) is 1.97. The number of amides is 1. The van der Waals surface area contributed by atoms with Gasteiger partial charge in [-0.05, 0) is 25.2 Å². The molecule has 0 aliphatic carbocycles. The fraction of sp³-hybridized carbons (Fsp3) is 0.429. The Morgan fingerprint density at radius 1 is 1.43 bits per heavy atom. The lowest BCUT2D eigenvalue weighted by Gasteiger charge is -2.31. The smallest absolute Gasteiger partial charge is 0.273 e. The third-order valence-electron chi connectivity index (χ3n) is 3.68. The van der Waals surface area contributed by atoms with Crippen LogP contribution in [0.2, 0.25) is 0 Å². The van der Waals surface area contributed by atoms with Gasteiger partial charge in [-0.3, -0.25) is 4.79 Å². The lowest BCUT2D eigenvalue weighted by Crippen LogP contribution is -2.38. The molecule has 1 fully saturated rings. The van der Waals surface area contributed by atoms with E-state index in [2.05, 4.69) is 15.0 Å². The second-order valence-corrected chi connectivity index (χ2v) is 6.81. The largest absolute Gasteiger partial charge is 0.337 e. The topological polar surface area (TPSA) is 59.0 Å². The van der Waals surface area contributed by atoms with E-state index in [1.54, 1.807) is 24.3 Å². The molecule has 1 saturated heterocycles. The highest BCUT2D eigenvalue weighted by atomic mass is 32.2. The van der Waals surface area contributed by atoms with Gasteiger partial charge in [0.25, 0.3) is 5.91 Å². The molecule has 0 aromatic carbocycles. The van der Waals surface area contributed by atoms with Crippen molar-refractivity contribution in [1.82, 2.24) is 19.9 Å². The van der Waals surface area contributed by atoms with Gasteiger partial charge in [-0.25, -0.2) is 15.0 Å². The minimum Gasteiger partial charge on any atom is -0.337 e. The lowest BCUT2D eigenvalue weighted by molar-refractivity contribution is 0.0706. The average molecular weight is 320 g/mol. The van der Waals surface area contributed by atoms with E-state index in [1.165, 1.54) is 11.3 Å². The summed E-state index contributed by atoms with van der Waals surface area (Å²) in [6.07, 6.45) is 7.23. The van der Waals surface area contributed by atoms with Crippen molar-refractivity contribution in [2.45, 2.75) is 23.1 Å². The number of likely N-dealkylation sites (tertiary alicyclic amines) is 1. The van der Waals surface area contributed by atoms with Crippen molar-refractivity contribution >= 4 is 29.0 Å². The summed E-state index contributed by atoms with van der Waals surface area (Å²) in [5.41, 5.74) is 1.65. The Bertz CT molecular complexity index is 608. The highest BCUT2D eigenvalue weighted by molar-refractivity contribution is 8.00. The minimum absolute atomic E-state index is 0.0488. The Kier molecular flexibility index (Phi) is 4.50. The zero-order chi connectivity index (χ0) is 14.7. The fourth-order valence-electron chi connectivity index (χ4n) is 2.53. The lowest BCUT2D eigenvalue weighted by atomic mass is 9.93. The molecule has 0 spiro atoms. The van der Waals surface area contributed by atoms with Crippen LogP contribution in [0.1, 0.15) is 34.9 Å². The van der Waals surface area contributed by atoms with E-state index in [1.807, 2.05) is 22.6 Å². The molecular weight excluding hydrogens is 304 g/mol. The number of thioether (sulfide) groups is 1. The van der Waals surface area contributed by atoms with Gasteiger partial charge >= 0.3 is 0 Å². The Morgan fingerprint density at radius 3 is 2.86 bits per heavy atom. The molecule has 0 bridgehead atoms. The number of piperidine rings is 1. The monoisotopic (exact) mass is 320 g/mol. The average Bonchev–Trinajstić information content (AvgIpc) is 3.04. The minimum atomic E-state index is 0.0488. The maximum absolute atomic E-state index is 12.4. The summed E-state index contributed by atoms with van der Waals surface area (Å²) >= 11 is 3.10. The Morgan fingerprint density at radius 2 is 2.24 bits per heavy atom. The van der Waals surface area contributed by atoms with Crippen molar-refractivity contribution in [3.05, 3.63) is 35.4 Å². The second-order valence-electron chi connectivity index (χ2n) is 4.90. The summed E-state index contributed by atoms with van der Waals surface area (Å²) in [5.74, 6) is 0.474. The third-order valence-corrected chi connectivity index (χ3v) is 5.55. The summed E-state index contributed by atoms with van der Waals surface area (Å²) in [5, 5.41) is 1.85. The first kappa shape index (κ1) is 14.5. The Hall–Kier alpha value is -1.47. The van der Waals surface area contributed by atoms with Crippen LogP contribution in [0, 0.1) is 0 Å². The van der Waals surface area contributed by atoms with E-state index in [0.29, 0.717) is 11.6 Å². The molecule has 0 N–H and O–H groups in total. The van der Waals surface area contributed by atoms with E-state index in [-0.39, 0.29) is 5.91 Å². The van der Waals surface area contributed by atoms with Gasteiger partial charge in [0, 0.05) is 36.3 Å². The second kappa shape index (κ2) is 6.53. The van der Waals surface area contributed by atoms with Gasteiger partial charge in [-0.2, -0.15) is 0 Å². The van der Waals surface area contributed by atoms with Crippen molar-refractivity contribution in [3.63, 3.8) is 0 Å². The summed E-state index contributed by atoms with van der Waals surface area (Å²) in [6.45, 7) is 1.53. The van der Waals surface area contributed by atoms with Crippen LogP contribution >= 0.6 is 23.1 Å². The van der Waals surface area contributed by atoms with Crippen LogP contribution in [0.4, 0.5) is 0 Å². The number of hydrogen-bond donors (Lipinski definition) is 0. The van der Waals surface area contributed by atoms with Crippen molar-refractivity contribution < 1.29 is 4.79 Å². The Balaban J connectivity index is 1.61.